The average molecular weight is 207 g/mol. The lowest BCUT2D eigenvalue weighted by molar-refractivity contribution is 0.672. The SMILES string of the molecule is c1c[nH]c(CNCCc2cscn2)c1. The van der Waals surface area contributed by atoms with Gasteiger partial charge in [-0.3, -0.25) is 0 Å². The maximum atomic E-state index is 4.22. The van der Waals surface area contributed by atoms with E-state index in [-0.39, 0.29) is 0 Å². The lowest BCUT2D eigenvalue weighted by Crippen LogP contribution is -2.16. The van der Waals surface area contributed by atoms with Crippen LogP contribution in [-0.4, -0.2) is 16.5 Å². The van der Waals surface area contributed by atoms with Crippen LogP contribution in [-0.2, 0) is 13.0 Å². The topological polar surface area (TPSA) is 40.7 Å². The van der Waals surface area contributed by atoms with E-state index in [1.807, 2.05) is 17.8 Å². The van der Waals surface area contributed by atoms with Gasteiger partial charge in [0.05, 0.1) is 11.2 Å². The van der Waals surface area contributed by atoms with E-state index in [2.05, 4.69) is 26.7 Å². The molecule has 2 aromatic heterocycles. The maximum Gasteiger partial charge on any atom is 0.0794 e. The number of aromatic nitrogens is 2. The van der Waals surface area contributed by atoms with Crippen molar-refractivity contribution in [3.63, 3.8) is 0 Å². The van der Waals surface area contributed by atoms with Crippen molar-refractivity contribution >= 4 is 11.3 Å². The molecule has 0 amide bonds. The third-order valence-corrected chi connectivity index (χ3v) is 2.65. The minimum absolute atomic E-state index is 0.900. The highest BCUT2D eigenvalue weighted by Crippen LogP contribution is 2.00. The molecule has 0 saturated carbocycles. The smallest absolute Gasteiger partial charge is 0.0794 e. The Morgan fingerprint density at radius 1 is 1.50 bits per heavy atom. The summed E-state index contributed by atoms with van der Waals surface area (Å²) >= 11 is 1.65. The number of nitrogens with one attached hydrogen (secondary N) is 2. The Bertz CT molecular complexity index is 303. The third-order valence-electron chi connectivity index (χ3n) is 2.02. The van der Waals surface area contributed by atoms with Gasteiger partial charge in [0.25, 0.3) is 0 Å². The van der Waals surface area contributed by atoms with E-state index in [4.69, 9.17) is 0 Å². The maximum absolute atomic E-state index is 4.22. The summed E-state index contributed by atoms with van der Waals surface area (Å²) < 4.78 is 0. The molecule has 2 heterocycles. The van der Waals surface area contributed by atoms with Crippen LogP contribution in [0.15, 0.2) is 29.2 Å². The molecule has 0 bridgehead atoms. The van der Waals surface area contributed by atoms with E-state index in [0.717, 1.165) is 19.5 Å². The third kappa shape index (κ3) is 2.68. The Balaban J connectivity index is 1.65. The highest BCUT2D eigenvalue weighted by molar-refractivity contribution is 7.07. The lowest BCUT2D eigenvalue weighted by Gasteiger charge is -2.00. The monoisotopic (exact) mass is 207 g/mol. The minimum atomic E-state index is 0.900. The largest absolute Gasteiger partial charge is 0.364 e. The van der Waals surface area contributed by atoms with Crippen molar-refractivity contribution in [2.45, 2.75) is 13.0 Å². The van der Waals surface area contributed by atoms with Crippen LogP contribution in [0, 0.1) is 0 Å². The number of H-pyrrole nitrogens is 1. The van der Waals surface area contributed by atoms with Crippen LogP contribution in [0.3, 0.4) is 0 Å². The van der Waals surface area contributed by atoms with Crippen molar-refractivity contribution in [3.05, 3.63) is 40.6 Å². The first kappa shape index (κ1) is 9.43. The molecule has 2 N–H and O–H groups in total. The zero-order valence-corrected chi connectivity index (χ0v) is 8.68. The number of hydrogen-bond acceptors (Lipinski definition) is 3. The van der Waals surface area contributed by atoms with E-state index < -0.39 is 0 Å². The van der Waals surface area contributed by atoms with Crippen molar-refractivity contribution in [1.29, 1.82) is 0 Å². The molecule has 4 heteroatoms. The molecule has 0 radical (unpaired) electrons. The molecular weight excluding hydrogens is 194 g/mol. The molecule has 0 atom stereocenters. The normalized spacial score (nSPS) is 10.6. The molecule has 0 saturated heterocycles. The molecule has 0 fully saturated rings. The zero-order valence-electron chi connectivity index (χ0n) is 7.86. The molecule has 0 spiro atoms. The van der Waals surface area contributed by atoms with Crippen LogP contribution < -0.4 is 5.32 Å². The molecule has 0 aliphatic rings. The van der Waals surface area contributed by atoms with Gasteiger partial charge in [-0.25, -0.2) is 4.98 Å². The number of thiazole rings is 1. The number of hydrogen-bond donors (Lipinski definition) is 2. The molecule has 0 aliphatic carbocycles. The van der Waals surface area contributed by atoms with Gasteiger partial charge in [0, 0.05) is 36.8 Å². The van der Waals surface area contributed by atoms with Gasteiger partial charge in [0.15, 0.2) is 0 Å². The van der Waals surface area contributed by atoms with Crippen LogP contribution >= 0.6 is 11.3 Å². The van der Waals surface area contributed by atoms with E-state index in [0.29, 0.717) is 0 Å². The minimum Gasteiger partial charge on any atom is -0.364 e. The van der Waals surface area contributed by atoms with Crippen molar-refractivity contribution in [3.8, 4) is 0 Å². The number of rotatable bonds is 5. The highest BCUT2D eigenvalue weighted by Gasteiger charge is 1.95. The Kier molecular flexibility index (Phi) is 3.32. The first-order valence-electron chi connectivity index (χ1n) is 4.65. The fraction of sp³-hybridized carbons (Fsp3) is 0.300. The summed E-state index contributed by atoms with van der Waals surface area (Å²) in [5.41, 5.74) is 4.28. The van der Waals surface area contributed by atoms with Crippen LogP contribution in [0.4, 0.5) is 0 Å². The molecular formula is C10H13N3S. The number of aromatic amines is 1. The van der Waals surface area contributed by atoms with Gasteiger partial charge in [-0.05, 0) is 12.1 Å². The van der Waals surface area contributed by atoms with Gasteiger partial charge in [0.2, 0.25) is 0 Å². The zero-order chi connectivity index (χ0) is 9.64. The first-order chi connectivity index (χ1) is 6.95. The number of nitrogens with zero attached hydrogens (tertiary/aromatic N) is 1. The standard InChI is InChI=1S/C10H13N3S/c1-2-9(12-4-1)6-11-5-3-10-7-14-8-13-10/h1-2,4,7-8,11-12H,3,5-6H2. The molecule has 14 heavy (non-hydrogen) atoms. The van der Waals surface area contributed by atoms with Gasteiger partial charge < -0.3 is 10.3 Å². The quantitative estimate of drug-likeness (QED) is 0.734. The van der Waals surface area contributed by atoms with Crippen molar-refractivity contribution in [2.24, 2.45) is 0 Å². The fourth-order valence-electron chi connectivity index (χ4n) is 1.28. The molecule has 0 aliphatic heterocycles. The first-order valence-corrected chi connectivity index (χ1v) is 5.59. The molecule has 0 aromatic carbocycles. The van der Waals surface area contributed by atoms with E-state index >= 15 is 0 Å². The lowest BCUT2D eigenvalue weighted by atomic mass is 10.3. The molecule has 3 nitrogen and oxygen atoms in total. The van der Waals surface area contributed by atoms with Crippen molar-refractivity contribution in [2.75, 3.05) is 6.54 Å². The summed E-state index contributed by atoms with van der Waals surface area (Å²) in [6.45, 7) is 1.87. The molecule has 74 valence electrons. The van der Waals surface area contributed by atoms with Gasteiger partial charge in [-0.1, -0.05) is 0 Å². The van der Waals surface area contributed by atoms with E-state index in [1.165, 1.54) is 11.4 Å². The van der Waals surface area contributed by atoms with Crippen molar-refractivity contribution < 1.29 is 0 Å². The Morgan fingerprint density at radius 2 is 2.50 bits per heavy atom. The van der Waals surface area contributed by atoms with Gasteiger partial charge in [-0.2, -0.15) is 0 Å². The van der Waals surface area contributed by atoms with Gasteiger partial charge >= 0.3 is 0 Å². The highest BCUT2D eigenvalue weighted by atomic mass is 32.1. The summed E-state index contributed by atoms with van der Waals surface area (Å²) in [5.74, 6) is 0. The molecule has 2 aromatic rings. The second-order valence-electron chi connectivity index (χ2n) is 3.10. The van der Waals surface area contributed by atoms with E-state index in [9.17, 15) is 0 Å². The fourth-order valence-corrected chi connectivity index (χ4v) is 1.87. The van der Waals surface area contributed by atoms with Crippen LogP contribution in [0.1, 0.15) is 11.4 Å². The van der Waals surface area contributed by atoms with Gasteiger partial charge in [-0.15, -0.1) is 11.3 Å². The van der Waals surface area contributed by atoms with Crippen LogP contribution in [0.5, 0.6) is 0 Å². The van der Waals surface area contributed by atoms with Crippen LogP contribution in [0.25, 0.3) is 0 Å². The van der Waals surface area contributed by atoms with Crippen LogP contribution in [0.2, 0.25) is 0 Å². The van der Waals surface area contributed by atoms with Crippen molar-refractivity contribution in [1.82, 2.24) is 15.3 Å². The summed E-state index contributed by atoms with van der Waals surface area (Å²) in [6, 6.07) is 4.09. The van der Waals surface area contributed by atoms with E-state index in [1.54, 1.807) is 11.3 Å². The summed E-state index contributed by atoms with van der Waals surface area (Å²) in [5, 5.41) is 5.45. The summed E-state index contributed by atoms with van der Waals surface area (Å²) in [6.07, 6.45) is 2.95. The second kappa shape index (κ2) is 4.93. The Hall–Kier alpha value is -1.13. The Morgan fingerprint density at radius 3 is 3.21 bits per heavy atom. The molecule has 2 rings (SSSR count). The predicted molar refractivity (Wildman–Crippen MR) is 58.3 cm³/mol. The summed E-state index contributed by atoms with van der Waals surface area (Å²) in [4.78, 5) is 7.38. The van der Waals surface area contributed by atoms with Gasteiger partial charge in [0.1, 0.15) is 0 Å². The molecule has 0 unspecified atom stereocenters. The second-order valence-corrected chi connectivity index (χ2v) is 3.82. The predicted octanol–water partition coefficient (Wildman–Crippen LogP) is 1.80. The average Bonchev–Trinajstić information content (AvgIpc) is 2.86. The summed E-state index contributed by atoms with van der Waals surface area (Å²) in [7, 11) is 0. The Labute approximate surface area is 87.2 Å².